The zero-order chi connectivity index (χ0) is 15.4. The second kappa shape index (κ2) is 6.58. The quantitative estimate of drug-likeness (QED) is 0.909. The predicted molar refractivity (Wildman–Crippen MR) is 86.0 cm³/mol. The topological polar surface area (TPSA) is 65.5 Å². The Morgan fingerprint density at radius 2 is 2.05 bits per heavy atom. The molecule has 2 N–H and O–H groups in total. The molecule has 5 nitrogen and oxygen atoms in total. The SMILES string of the molecule is O=C(Nc1cccc(CO)c1)c1ccc(N2CCCC2)nc1. The molecule has 3 rings (SSSR count). The van der Waals surface area contributed by atoms with Crippen LogP contribution in [0.2, 0.25) is 0 Å². The molecule has 0 spiro atoms. The summed E-state index contributed by atoms with van der Waals surface area (Å²) >= 11 is 0. The van der Waals surface area contributed by atoms with Gasteiger partial charge in [0.25, 0.3) is 5.91 Å². The van der Waals surface area contributed by atoms with E-state index in [1.807, 2.05) is 12.1 Å². The van der Waals surface area contributed by atoms with E-state index in [4.69, 9.17) is 5.11 Å². The predicted octanol–water partition coefficient (Wildman–Crippen LogP) is 2.43. The highest BCUT2D eigenvalue weighted by Crippen LogP contribution is 2.18. The van der Waals surface area contributed by atoms with Crippen LogP contribution in [0, 0.1) is 0 Å². The number of carbonyl (C=O) groups excluding carboxylic acids is 1. The number of nitrogens with one attached hydrogen (secondary N) is 1. The van der Waals surface area contributed by atoms with Crippen molar-refractivity contribution in [2.24, 2.45) is 0 Å². The average molecular weight is 297 g/mol. The van der Waals surface area contributed by atoms with E-state index in [2.05, 4.69) is 15.2 Å². The van der Waals surface area contributed by atoms with Gasteiger partial charge in [-0.25, -0.2) is 4.98 Å². The summed E-state index contributed by atoms with van der Waals surface area (Å²) in [6.07, 6.45) is 4.01. The maximum Gasteiger partial charge on any atom is 0.257 e. The third-order valence-corrected chi connectivity index (χ3v) is 3.81. The smallest absolute Gasteiger partial charge is 0.257 e. The van der Waals surface area contributed by atoms with Crippen molar-refractivity contribution < 1.29 is 9.90 Å². The van der Waals surface area contributed by atoms with E-state index in [1.165, 1.54) is 12.8 Å². The minimum Gasteiger partial charge on any atom is -0.392 e. The van der Waals surface area contributed by atoms with E-state index in [-0.39, 0.29) is 12.5 Å². The Labute approximate surface area is 129 Å². The number of amides is 1. The normalized spacial score (nSPS) is 14.1. The molecule has 1 aliphatic heterocycles. The fourth-order valence-corrected chi connectivity index (χ4v) is 2.60. The lowest BCUT2D eigenvalue weighted by Gasteiger charge is -2.16. The van der Waals surface area contributed by atoms with Gasteiger partial charge in [-0.3, -0.25) is 4.79 Å². The summed E-state index contributed by atoms with van der Waals surface area (Å²) in [5.41, 5.74) is 1.96. The van der Waals surface area contributed by atoms with Gasteiger partial charge in [0.2, 0.25) is 0 Å². The Hall–Kier alpha value is -2.40. The van der Waals surface area contributed by atoms with Crippen LogP contribution in [0.4, 0.5) is 11.5 Å². The Balaban J connectivity index is 1.69. The van der Waals surface area contributed by atoms with E-state index >= 15 is 0 Å². The molecule has 114 valence electrons. The van der Waals surface area contributed by atoms with Crippen LogP contribution in [0.25, 0.3) is 0 Å². The lowest BCUT2D eigenvalue weighted by molar-refractivity contribution is 0.102. The lowest BCUT2D eigenvalue weighted by atomic mass is 10.2. The van der Waals surface area contributed by atoms with Crippen LogP contribution in [-0.4, -0.2) is 29.1 Å². The molecule has 0 bridgehead atoms. The number of aromatic nitrogens is 1. The minimum atomic E-state index is -0.199. The maximum absolute atomic E-state index is 12.2. The number of benzene rings is 1. The van der Waals surface area contributed by atoms with Crippen molar-refractivity contribution in [1.29, 1.82) is 0 Å². The largest absolute Gasteiger partial charge is 0.392 e. The van der Waals surface area contributed by atoms with Crippen LogP contribution in [-0.2, 0) is 6.61 Å². The van der Waals surface area contributed by atoms with Gasteiger partial charge in [-0.2, -0.15) is 0 Å². The summed E-state index contributed by atoms with van der Waals surface area (Å²) in [6.45, 7) is 2.02. The number of hydrogen-bond acceptors (Lipinski definition) is 4. The molecule has 2 heterocycles. The molecule has 1 saturated heterocycles. The number of anilines is 2. The van der Waals surface area contributed by atoms with Crippen molar-refractivity contribution in [3.8, 4) is 0 Å². The maximum atomic E-state index is 12.2. The summed E-state index contributed by atoms with van der Waals surface area (Å²) in [6, 6.07) is 10.8. The van der Waals surface area contributed by atoms with Crippen LogP contribution < -0.4 is 10.2 Å². The number of nitrogens with zero attached hydrogens (tertiary/aromatic N) is 2. The van der Waals surface area contributed by atoms with E-state index in [9.17, 15) is 4.79 Å². The molecule has 0 atom stereocenters. The Morgan fingerprint density at radius 3 is 2.73 bits per heavy atom. The Bertz CT molecular complexity index is 649. The molecule has 1 aromatic carbocycles. The van der Waals surface area contributed by atoms with Crippen molar-refractivity contribution in [3.63, 3.8) is 0 Å². The number of carbonyl (C=O) groups is 1. The first kappa shape index (κ1) is 14.5. The fourth-order valence-electron chi connectivity index (χ4n) is 2.60. The summed E-state index contributed by atoms with van der Waals surface area (Å²) in [7, 11) is 0. The molecule has 2 aromatic rings. The summed E-state index contributed by atoms with van der Waals surface area (Å²) in [5.74, 6) is 0.729. The monoisotopic (exact) mass is 297 g/mol. The molecule has 0 unspecified atom stereocenters. The van der Waals surface area contributed by atoms with Gasteiger partial charge < -0.3 is 15.3 Å². The molecule has 1 aliphatic rings. The number of aliphatic hydroxyl groups excluding tert-OH is 1. The lowest BCUT2D eigenvalue weighted by Crippen LogP contribution is -2.19. The summed E-state index contributed by atoms with van der Waals surface area (Å²) < 4.78 is 0. The van der Waals surface area contributed by atoms with Crippen LogP contribution in [0.15, 0.2) is 42.6 Å². The first-order chi connectivity index (χ1) is 10.8. The average Bonchev–Trinajstić information content (AvgIpc) is 3.09. The van der Waals surface area contributed by atoms with Crippen molar-refractivity contribution in [2.75, 3.05) is 23.3 Å². The number of pyridine rings is 1. The third-order valence-electron chi connectivity index (χ3n) is 3.81. The van der Waals surface area contributed by atoms with Crippen LogP contribution in [0.3, 0.4) is 0 Å². The molecule has 1 aromatic heterocycles. The van der Waals surface area contributed by atoms with Gasteiger partial charge in [0.1, 0.15) is 5.82 Å². The van der Waals surface area contributed by atoms with Gasteiger partial charge in [-0.05, 0) is 42.7 Å². The molecule has 1 amide bonds. The van der Waals surface area contributed by atoms with Crippen molar-refractivity contribution in [3.05, 3.63) is 53.7 Å². The first-order valence-corrected chi connectivity index (χ1v) is 7.48. The first-order valence-electron chi connectivity index (χ1n) is 7.48. The van der Waals surface area contributed by atoms with E-state index in [0.29, 0.717) is 11.3 Å². The second-order valence-electron chi connectivity index (χ2n) is 5.41. The summed E-state index contributed by atoms with van der Waals surface area (Å²) in [5, 5.41) is 11.9. The number of aliphatic hydroxyl groups is 1. The van der Waals surface area contributed by atoms with Gasteiger partial charge in [0, 0.05) is 25.0 Å². The highest BCUT2D eigenvalue weighted by molar-refractivity contribution is 6.04. The van der Waals surface area contributed by atoms with E-state index in [0.717, 1.165) is 24.5 Å². The summed E-state index contributed by atoms with van der Waals surface area (Å²) in [4.78, 5) is 18.8. The second-order valence-corrected chi connectivity index (χ2v) is 5.41. The number of rotatable bonds is 4. The molecule has 0 aliphatic carbocycles. The Morgan fingerprint density at radius 1 is 1.23 bits per heavy atom. The van der Waals surface area contributed by atoms with Gasteiger partial charge in [0.15, 0.2) is 0 Å². The van der Waals surface area contributed by atoms with Crippen molar-refractivity contribution in [1.82, 2.24) is 4.98 Å². The van der Waals surface area contributed by atoms with Crippen molar-refractivity contribution in [2.45, 2.75) is 19.4 Å². The zero-order valence-corrected chi connectivity index (χ0v) is 12.3. The highest BCUT2D eigenvalue weighted by atomic mass is 16.3. The van der Waals surface area contributed by atoms with Gasteiger partial charge in [-0.15, -0.1) is 0 Å². The van der Waals surface area contributed by atoms with Gasteiger partial charge in [-0.1, -0.05) is 12.1 Å². The van der Waals surface area contributed by atoms with Crippen LogP contribution in [0.1, 0.15) is 28.8 Å². The van der Waals surface area contributed by atoms with E-state index in [1.54, 1.807) is 30.5 Å². The molecule has 22 heavy (non-hydrogen) atoms. The van der Waals surface area contributed by atoms with Gasteiger partial charge in [0.05, 0.1) is 12.2 Å². The molecular formula is C17H19N3O2. The highest BCUT2D eigenvalue weighted by Gasteiger charge is 2.14. The molecule has 1 fully saturated rings. The van der Waals surface area contributed by atoms with Crippen molar-refractivity contribution >= 4 is 17.4 Å². The molecular weight excluding hydrogens is 278 g/mol. The number of hydrogen-bond donors (Lipinski definition) is 2. The fraction of sp³-hybridized carbons (Fsp3) is 0.294. The zero-order valence-electron chi connectivity index (χ0n) is 12.3. The van der Waals surface area contributed by atoms with Crippen LogP contribution in [0.5, 0.6) is 0 Å². The van der Waals surface area contributed by atoms with Crippen LogP contribution >= 0.6 is 0 Å². The third kappa shape index (κ3) is 3.26. The Kier molecular flexibility index (Phi) is 4.34. The minimum absolute atomic E-state index is 0.0458. The van der Waals surface area contributed by atoms with E-state index < -0.39 is 0 Å². The molecule has 0 saturated carbocycles. The van der Waals surface area contributed by atoms with Gasteiger partial charge >= 0.3 is 0 Å². The molecule has 5 heteroatoms. The standard InChI is InChI=1S/C17H19N3O2/c21-12-13-4-3-5-15(10-13)19-17(22)14-6-7-16(18-11-14)20-8-1-2-9-20/h3-7,10-11,21H,1-2,8-9,12H2,(H,19,22). The molecule has 0 radical (unpaired) electrons.